The molecule has 0 aromatic heterocycles. The van der Waals surface area contributed by atoms with Gasteiger partial charge in [0.1, 0.15) is 0 Å². The Kier molecular flexibility index (Phi) is 8.29. The van der Waals surface area contributed by atoms with Crippen LogP contribution in [0.4, 0.5) is 0 Å². The molecule has 3 nitrogen and oxygen atoms in total. The minimum absolute atomic E-state index is 0.0908. The number of thioether (sulfide) groups is 1. The summed E-state index contributed by atoms with van der Waals surface area (Å²) in [4.78, 5) is 15.2. The number of hydrogen-bond donors (Lipinski definition) is 1. The summed E-state index contributed by atoms with van der Waals surface area (Å²) in [5.74, 6) is 1.09. The predicted molar refractivity (Wildman–Crippen MR) is 96.8 cm³/mol. The van der Waals surface area contributed by atoms with Gasteiger partial charge in [-0.15, -0.1) is 11.8 Å². The van der Waals surface area contributed by atoms with Crippen molar-refractivity contribution in [1.82, 2.24) is 10.2 Å². The number of likely N-dealkylation sites (N-methyl/N-ethyl adjacent to an activating group) is 1. The molecule has 0 unspecified atom stereocenters. The van der Waals surface area contributed by atoms with Crippen LogP contribution < -0.4 is 5.32 Å². The van der Waals surface area contributed by atoms with Gasteiger partial charge in [-0.2, -0.15) is 0 Å². The first-order valence-corrected chi connectivity index (χ1v) is 9.09. The lowest BCUT2D eigenvalue weighted by Gasteiger charge is -2.24. The van der Waals surface area contributed by atoms with E-state index in [1.807, 2.05) is 45.0 Å². The third-order valence-electron chi connectivity index (χ3n) is 3.04. The molecule has 0 spiro atoms. The zero-order chi connectivity index (χ0) is 16.6. The maximum Gasteiger partial charge on any atom is 0.234 e. The van der Waals surface area contributed by atoms with Crippen LogP contribution in [0.15, 0.2) is 29.2 Å². The molecule has 22 heavy (non-hydrogen) atoms. The Morgan fingerprint density at radius 3 is 2.59 bits per heavy atom. The van der Waals surface area contributed by atoms with Gasteiger partial charge in [-0.3, -0.25) is 9.69 Å². The van der Waals surface area contributed by atoms with Crippen LogP contribution in [0.2, 0.25) is 5.02 Å². The molecule has 5 heteroatoms. The van der Waals surface area contributed by atoms with Crippen LogP contribution in [0.3, 0.4) is 0 Å². The Bertz CT molecular complexity index is 474. The molecule has 1 amide bonds. The van der Waals surface area contributed by atoms with Crippen LogP contribution in [-0.2, 0) is 4.79 Å². The highest BCUT2D eigenvalue weighted by Gasteiger charge is 2.15. The van der Waals surface area contributed by atoms with Gasteiger partial charge in [0.2, 0.25) is 5.91 Å². The number of amides is 1. The standard InChI is InChI=1S/C17H27ClN2OS/c1-5-20(13-16(21)19-17(2,3)4)11-8-12-22-15-10-7-6-9-14(15)18/h6-7,9-10H,5,8,11-13H2,1-4H3,(H,19,21). The highest BCUT2D eigenvalue weighted by atomic mass is 35.5. The topological polar surface area (TPSA) is 32.3 Å². The molecule has 0 bridgehead atoms. The molecule has 124 valence electrons. The van der Waals surface area contributed by atoms with Gasteiger partial charge in [0, 0.05) is 10.4 Å². The molecule has 0 fully saturated rings. The Morgan fingerprint density at radius 1 is 1.32 bits per heavy atom. The van der Waals surface area contributed by atoms with Crippen LogP contribution >= 0.6 is 23.4 Å². The monoisotopic (exact) mass is 342 g/mol. The number of hydrogen-bond acceptors (Lipinski definition) is 3. The van der Waals surface area contributed by atoms with E-state index in [0.717, 1.165) is 35.2 Å². The van der Waals surface area contributed by atoms with E-state index in [9.17, 15) is 4.79 Å². The van der Waals surface area contributed by atoms with Crippen molar-refractivity contribution in [3.63, 3.8) is 0 Å². The van der Waals surface area contributed by atoms with Crippen LogP contribution in [0.1, 0.15) is 34.1 Å². The Balaban J connectivity index is 2.29. The fourth-order valence-corrected chi connectivity index (χ4v) is 3.22. The van der Waals surface area contributed by atoms with E-state index in [0.29, 0.717) is 6.54 Å². The molecule has 0 aliphatic carbocycles. The molecule has 1 aromatic rings. The second kappa shape index (κ2) is 9.43. The van der Waals surface area contributed by atoms with E-state index in [1.54, 1.807) is 11.8 Å². The van der Waals surface area contributed by atoms with Crippen molar-refractivity contribution < 1.29 is 4.79 Å². The summed E-state index contributed by atoms with van der Waals surface area (Å²) in [6.07, 6.45) is 1.03. The molecular formula is C17H27ClN2OS. The van der Waals surface area contributed by atoms with Crippen LogP contribution in [0, 0.1) is 0 Å². The molecule has 0 saturated carbocycles. The summed E-state index contributed by atoms with van der Waals surface area (Å²) >= 11 is 7.91. The Labute approximate surface area is 143 Å². The van der Waals surface area contributed by atoms with Crippen LogP contribution in [-0.4, -0.2) is 41.7 Å². The van der Waals surface area contributed by atoms with Gasteiger partial charge >= 0.3 is 0 Å². The van der Waals surface area contributed by atoms with Crippen molar-refractivity contribution in [3.8, 4) is 0 Å². The number of benzene rings is 1. The molecule has 0 aliphatic heterocycles. The summed E-state index contributed by atoms with van der Waals surface area (Å²) in [6.45, 7) is 10.4. The normalized spacial score (nSPS) is 11.7. The molecule has 0 saturated heterocycles. The quantitative estimate of drug-likeness (QED) is 0.571. The third kappa shape index (κ3) is 8.06. The van der Waals surface area contributed by atoms with Gasteiger partial charge in [0.25, 0.3) is 0 Å². The fourth-order valence-electron chi connectivity index (χ4n) is 2.04. The molecular weight excluding hydrogens is 316 g/mol. The van der Waals surface area contributed by atoms with Gasteiger partial charge in [-0.05, 0) is 58.2 Å². The van der Waals surface area contributed by atoms with Crippen molar-refractivity contribution in [2.24, 2.45) is 0 Å². The molecule has 0 atom stereocenters. The maximum absolute atomic E-state index is 12.0. The zero-order valence-corrected chi connectivity index (χ0v) is 15.6. The van der Waals surface area contributed by atoms with Crippen molar-refractivity contribution >= 4 is 29.3 Å². The number of carbonyl (C=O) groups excluding carboxylic acids is 1. The first-order valence-electron chi connectivity index (χ1n) is 7.72. The summed E-state index contributed by atoms with van der Waals surface area (Å²) in [5.41, 5.74) is -0.170. The lowest BCUT2D eigenvalue weighted by Crippen LogP contribution is -2.46. The highest BCUT2D eigenvalue weighted by Crippen LogP contribution is 2.26. The maximum atomic E-state index is 12.0. The molecule has 1 rings (SSSR count). The van der Waals surface area contributed by atoms with Gasteiger partial charge in [-0.25, -0.2) is 0 Å². The van der Waals surface area contributed by atoms with Gasteiger partial charge in [0.05, 0.1) is 11.6 Å². The van der Waals surface area contributed by atoms with E-state index >= 15 is 0 Å². The summed E-state index contributed by atoms with van der Waals surface area (Å²) < 4.78 is 0. The summed E-state index contributed by atoms with van der Waals surface area (Å²) in [7, 11) is 0. The minimum atomic E-state index is -0.170. The predicted octanol–water partition coefficient (Wildman–Crippen LogP) is 4.06. The number of rotatable bonds is 8. The highest BCUT2D eigenvalue weighted by molar-refractivity contribution is 7.99. The van der Waals surface area contributed by atoms with E-state index in [-0.39, 0.29) is 11.4 Å². The molecule has 1 aromatic carbocycles. The van der Waals surface area contributed by atoms with Crippen LogP contribution in [0.5, 0.6) is 0 Å². The number of halogens is 1. The first kappa shape index (κ1) is 19.3. The average molecular weight is 343 g/mol. The molecule has 0 aliphatic rings. The molecule has 0 radical (unpaired) electrons. The van der Waals surface area contributed by atoms with Crippen molar-refractivity contribution in [3.05, 3.63) is 29.3 Å². The van der Waals surface area contributed by atoms with Crippen molar-refractivity contribution in [2.45, 2.75) is 44.6 Å². The lowest BCUT2D eigenvalue weighted by atomic mass is 10.1. The smallest absolute Gasteiger partial charge is 0.234 e. The van der Waals surface area contributed by atoms with Crippen molar-refractivity contribution in [2.75, 3.05) is 25.4 Å². The van der Waals surface area contributed by atoms with Gasteiger partial charge in [0.15, 0.2) is 0 Å². The Hall–Kier alpha value is -0.710. The fraction of sp³-hybridized carbons (Fsp3) is 0.588. The van der Waals surface area contributed by atoms with Crippen LogP contribution in [0.25, 0.3) is 0 Å². The minimum Gasteiger partial charge on any atom is -0.350 e. The SMILES string of the molecule is CCN(CCCSc1ccccc1Cl)CC(=O)NC(C)(C)C. The number of nitrogens with one attached hydrogen (secondary N) is 1. The largest absolute Gasteiger partial charge is 0.350 e. The summed E-state index contributed by atoms with van der Waals surface area (Å²) in [5, 5.41) is 3.81. The molecule has 1 N–H and O–H groups in total. The van der Waals surface area contributed by atoms with E-state index < -0.39 is 0 Å². The molecule has 0 heterocycles. The second-order valence-electron chi connectivity index (χ2n) is 6.30. The second-order valence-corrected chi connectivity index (χ2v) is 7.84. The number of carbonyl (C=O) groups is 1. The van der Waals surface area contributed by atoms with E-state index in [1.165, 1.54) is 0 Å². The Morgan fingerprint density at radius 2 is 2.00 bits per heavy atom. The zero-order valence-electron chi connectivity index (χ0n) is 14.0. The third-order valence-corrected chi connectivity index (χ3v) is 4.64. The average Bonchev–Trinajstić information content (AvgIpc) is 2.42. The van der Waals surface area contributed by atoms with E-state index in [2.05, 4.69) is 17.1 Å². The number of nitrogens with zero attached hydrogens (tertiary/aromatic N) is 1. The first-order chi connectivity index (χ1) is 10.3. The lowest BCUT2D eigenvalue weighted by molar-refractivity contribution is -0.123. The van der Waals surface area contributed by atoms with Gasteiger partial charge < -0.3 is 5.32 Å². The van der Waals surface area contributed by atoms with Crippen molar-refractivity contribution in [1.29, 1.82) is 0 Å². The summed E-state index contributed by atoms with van der Waals surface area (Å²) in [6, 6.07) is 7.91. The van der Waals surface area contributed by atoms with E-state index in [4.69, 9.17) is 11.6 Å². The van der Waals surface area contributed by atoms with Gasteiger partial charge in [-0.1, -0.05) is 30.7 Å².